The summed E-state index contributed by atoms with van der Waals surface area (Å²) in [7, 11) is 2.59. The first-order valence-corrected chi connectivity index (χ1v) is 7.29. The number of rotatable bonds is 4. The van der Waals surface area contributed by atoms with Gasteiger partial charge in [0.05, 0.1) is 5.03 Å². The molecule has 0 aromatic carbocycles. The molecule has 1 unspecified atom stereocenters. The molecule has 2 rings (SSSR count). The lowest BCUT2D eigenvalue weighted by molar-refractivity contribution is -0.757. The molecule has 102 valence electrons. The minimum Gasteiger partial charge on any atom is -0.477 e. The Balaban J connectivity index is 2.19. The molecule has 1 aromatic heterocycles. The van der Waals surface area contributed by atoms with Crippen molar-refractivity contribution in [3.8, 4) is 0 Å². The lowest BCUT2D eigenvalue weighted by Gasteiger charge is -2.21. The standard InChI is InChI=1S/C9H8N2O6S2/c12-7-6(9(13)14)2-4-1-5(3-17-11(15)16)18-19-8(4)10-7/h2,5H,1,3H2,(H,10,12)(H,13,14). The van der Waals surface area contributed by atoms with E-state index in [1.165, 1.54) is 27.7 Å². The van der Waals surface area contributed by atoms with Crippen molar-refractivity contribution in [3.05, 3.63) is 37.7 Å². The molecule has 1 aliphatic heterocycles. The summed E-state index contributed by atoms with van der Waals surface area (Å²) in [6.07, 6.45) is 0.401. The number of nitrogens with zero attached hydrogens (tertiary/aromatic N) is 1. The molecule has 2 heterocycles. The number of aromatic amines is 1. The SMILES string of the molecule is O=C(O)c1cc2c([nH]c1=O)SSC(CO[N+](=O)[O-])C2. The van der Waals surface area contributed by atoms with Crippen molar-refractivity contribution >= 4 is 27.6 Å². The number of aromatic nitrogens is 1. The predicted molar refractivity (Wildman–Crippen MR) is 67.9 cm³/mol. The molecule has 2 N–H and O–H groups in total. The maximum Gasteiger partial charge on any atom is 0.341 e. The lowest BCUT2D eigenvalue weighted by atomic mass is 10.1. The normalized spacial score (nSPS) is 17.6. The second-order valence-corrected chi connectivity index (χ2v) is 6.21. The van der Waals surface area contributed by atoms with E-state index in [9.17, 15) is 19.7 Å². The smallest absolute Gasteiger partial charge is 0.341 e. The van der Waals surface area contributed by atoms with Crippen LogP contribution < -0.4 is 5.56 Å². The molecular formula is C9H8N2O6S2. The van der Waals surface area contributed by atoms with E-state index in [1.807, 2.05) is 0 Å². The Kier molecular flexibility index (Phi) is 4.00. The van der Waals surface area contributed by atoms with Gasteiger partial charge in [0.25, 0.3) is 10.6 Å². The number of hydrogen-bond acceptors (Lipinski definition) is 7. The van der Waals surface area contributed by atoms with Gasteiger partial charge in [-0.05, 0) is 28.8 Å². The largest absolute Gasteiger partial charge is 0.477 e. The molecule has 0 bridgehead atoms. The first-order chi connectivity index (χ1) is 8.97. The summed E-state index contributed by atoms with van der Waals surface area (Å²) in [6.45, 7) is -0.0777. The van der Waals surface area contributed by atoms with Crippen LogP contribution in [0.2, 0.25) is 0 Å². The van der Waals surface area contributed by atoms with E-state index < -0.39 is 16.6 Å². The van der Waals surface area contributed by atoms with Crippen molar-refractivity contribution in [2.75, 3.05) is 6.61 Å². The summed E-state index contributed by atoms with van der Waals surface area (Å²) in [5.74, 6) is -1.30. The van der Waals surface area contributed by atoms with E-state index in [2.05, 4.69) is 9.82 Å². The molecular weight excluding hydrogens is 296 g/mol. The average molecular weight is 304 g/mol. The number of H-pyrrole nitrogens is 1. The van der Waals surface area contributed by atoms with Gasteiger partial charge in [-0.25, -0.2) is 4.79 Å². The topological polar surface area (TPSA) is 123 Å². The highest BCUT2D eigenvalue weighted by Gasteiger charge is 2.24. The number of pyridine rings is 1. The van der Waals surface area contributed by atoms with E-state index in [4.69, 9.17) is 5.11 Å². The number of hydrogen-bond donors (Lipinski definition) is 2. The summed E-state index contributed by atoms with van der Waals surface area (Å²) in [4.78, 5) is 39.2. The Hall–Kier alpha value is -1.68. The molecule has 10 heteroatoms. The van der Waals surface area contributed by atoms with Gasteiger partial charge in [-0.15, -0.1) is 10.1 Å². The molecule has 0 aliphatic carbocycles. The third-order valence-corrected chi connectivity index (χ3v) is 5.20. The van der Waals surface area contributed by atoms with Gasteiger partial charge in [0.15, 0.2) is 0 Å². The van der Waals surface area contributed by atoms with Crippen molar-refractivity contribution in [1.29, 1.82) is 0 Å². The van der Waals surface area contributed by atoms with E-state index in [0.717, 1.165) is 0 Å². The molecule has 8 nitrogen and oxygen atoms in total. The molecule has 19 heavy (non-hydrogen) atoms. The highest BCUT2D eigenvalue weighted by Crippen LogP contribution is 2.41. The molecule has 1 aliphatic rings. The van der Waals surface area contributed by atoms with Crippen LogP contribution in [0.3, 0.4) is 0 Å². The predicted octanol–water partition coefficient (Wildman–Crippen LogP) is 0.946. The van der Waals surface area contributed by atoms with Crippen LogP contribution in [0.4, 0.5) is 0 Å². The van der Waals surface area contributed by atoms with Crippen molar-refractivity contribution in [3.63, 3.8) is 0 Å². The molecule has 0 radical (unpaired) electrons. The van der Waals surface area contributed by atoms with Crippen molar-refractivity contribution in [1.82, 2.24) is 4.98 Å². The number of nitrogens with one attached hydrogen (secondary N) is 1. The minimum absolute atomic E-state index is 0.0777. The molecule has 0 spiro atoms. The molecule has 0 amide bonds. The van der Waals surface area contributed by atoms with Crippen LogP contribution in [0.5, 0.6) is 0 Å². The number of carboxylic acid groups (broad SMARTS) is 1. The summed E-state index contributed by atoms with van der Waals surface area (Å²) in [5, 5.41) is 18.5. The second-order valence-electron chi connectivity index (χ2n) is 3.70. The number of carbonyl (C=O) groups is 1. The zero-order chi connectivity index (χ0) is 14.0. The van der Waals surface area contributed by atoms with E-state index in [-0.39, 0.29) is 17.4 Å². The zero-order valence-electron chi connectivity index (χ0n) is 9.32. The van der Waals surface area contributed by atoms with Crippen LogP contribution in [0.1, 0.15) is 15.9 Å². The van der Waals surface area contributed by atoms with Gasteiger partial charge in [-0.2, -0.15) is 0 Å². The Labute approximate surface area is 114 Å². The van der Waals surface area contributed by atoms with Crippen LogP contribution in [0.15, 0.2) is 15.9 Å². The van der Waals surface area contributed by atoms with Gasteiger partial charge in [-0.3, -0.25) is 4.79 Å². The molecule has 0 fully saturated rings. The molecule has 1 aromatic rings. The first kappa shape index (κ1) is 13.7. The Bertz CT molecular complexity index is 587. The Morgan fingerprint density at radius 1 is 1.68 bits per heavy atom. The average Bonchev–Trinajstić information content (AvgIpc) is 2.35. The van der Waals surface area contributed by atoms with Crippen LogP contribution in [-0.4, -0.2) is 33.0 Å². The van der Waals surface area contributed by atoms with Crippen LogP contribution in [0, 0.1) is 10.1 Å². The quantitative estimate of drug-likeness (QED) is 0.479. The van der Waals surface area contributed by atoms with Crippen LogP contribution >= 0.6 is 21.6 Å². The summed E-state index contributed by atoms with van der Waals surface area (Å²) < 4.78 is 0. The van der Waals surface area contributed by atoms with Gasteiger partial charge >= 0.3 is 5.97 Å². The minimum atomic E-state index is -1.30. The fraction of sp³-hybridized carbons (Fsp3) is 0.333. The lowest BCUT2D eigenvalue weighted by Crippen LogP contribution is -2.24. The second kappa shape index (κ2) is 5.53. The summed E-state index contributed by atoms with van der Waals surface area (Å²) >= 11 is 0. The van der Waals surface area contributed by atoms with Gasteiger partial charge < -0.3 is 14.9 Å². The zero-order valence-corrected chi connectivity index (χ0v) is 11.0. The summed E-state index contributed by atoms with van der Waals surface area (Å²) in [6, 6.07) is 1.31. The Morgan fingerprint density at radius 2 is 2.42 bits per heavy atom. The number of carboxylic acids is 1. The molecule has 0 saturated heterocycles. The molecule has 0 saturated carbocycles. The molecule has 1 atom stereocenters. The summed E-state index contributed by atoms with van der Waals surface area (Å²) in [5.41, 5.74) is -0.336. The van der Waals surface area contributed by atoms with Gasteiger partial charge in [0, 0.05) is 5.25 Å². The fourth-order valence-corrected chi connectivity index (χ4v) is 4.06. The van der Waals surface area contributed by atoms with Crippen molar-refractivity contribution in [2.45, 2.75) is 16.7 Å². The highest BCUT2D eigenvalue weighted by atomic mass is 33.1. The van der Waals surface area contributed by atoms with Crippen molar-refractivity contribution < 1.29 is 19.8 Å². The monoisotopic (exact) mass is 304 g/mol. The third kappa shape index (κ3) is 3.20. The van der Waals surface area contributed by atoms with E-state index in [0.29, 0.717) is 17.0 Å². The van der Waals surface area contributed by atoms with Gasteiger partial charge in [0.1, 0.15) is 12.2 Å². The van der Waals surface area contributed by atoms with Crippen LogP contribution in [0.25, 0.3) is 0 Å². The maximum absolute atomic E-state index is 11.5. The number of aromatic carboxylic acids is 1. The van der Waals surface area contributed by atoms with Gasteiger partial charge in [0.2, 0.25) is 0 Å². The van der Waals surface area contributed by atoms with Crippen molar-refractivity contribution in [2.24, 2.45) is 0 Å². The first-order valence-electron chi connectivity index (χ1n) is 5.07. The maximum atomic E-state index is 11.5. The highest BCUT2D eigenvalue weighted by molar-refractivity contribution is 8.77. The number of fused-ring (bicyclic) bond motifs is 1. The Morgan fingerprint density at radius 3 is 3.05 bits per heavy atom. The van der Waals surface area contributed by atoms with Crippen LogP contribution in [-0.2, 0) is 11.3 Å². The van der Waals surface area contributed by atoms with Gasteiger partial charge in [-0.1, -0.05) is 10.8 Å². The fourth-order valence-electron chi connectivity index (χ4n) is 1.57. The van der Waals surface area contributed by atoms with E-state index in [1.54, 1.807) is 0 Å². The van der Waals surface area contributed by atoms with E-state index >= 15 is 0 Å². The third-order valence-electron chi connectivity index (χ3n) is 2.39.